The van der Waals surface area contributed by atoms with Crippen LogP contribution < -0.4 is 20.7 Å². The molecule has 3 aromatic heterocycles. The van der Waals surface area contributed by atoms with Gasteiger partial charge in [0.05, 0.1) is 22.6 Å². The summed E-state index contributed by atoms with van der Waals surface area (Å²) in [4.78, 5) is 47.1. The number of nitrogens with zero attached hydrogens (tertiary/aromatic N) is 7. The Morgan fingerprint density at radius 2 is 1.77 bits per heavy atom. The molecule has 0 amide bonds. The number of aromatic nitrogens is 5. The highest BCUT2D eigenvalue weighted by atomic mass is 35.5. The first-order chi connectivity index (χ1) is 18.6. The summed E-state index contributed by atoms with van der Waals surface area (Å²) in [6.07, 6.45) is 1.75. The minimum absolute atomic E-state index is 0.0719. The summed E-state index contributed by atoms with van der Waals surface area (Å²) in [6.45, 7) is 6.36. The van der Waals surface area contributed by atoms with Gasteiger partial charge in [0, 0.05) is 55.7 Å². The van der Waals surface area contributed by atoms with E-state index in [1.165, 1.54) is 10.6 Å². The molecule has 0 bridgehead atoms. The zero-order chi connectivity index (χ0) is 27.8. The summed E-state index contributed by atoms with van der Waals surface area (Å²) < 4.78 is 1.53. The van der Waals surface area contributed by atoms with E-state index >= 15 is 0 Å². The Balaban J connectivity index is 1.49. The average molecular weight is 569 g/mol. The molecule has 0 aliphatic carbocycles. The number of pyridine rings is 1. The fraction of sp³-hybridized carbons (Fsp3) is 0.308. The number of hydrogen-bond acceptors (Lipinski definition) is 9. The second kappa shape index (κ2) is 10.7. The molecule has 4 aromatic rings. The fourth-order valence-corrected chi connectivity index (χ4v) is 5.06. The number of nitrogens with one attached hydrogen (secondary N) is 1. The highest BCUT2D eigenvalue weighted by Crippen LogP contribution is 2.30. The van der Waals surface area contributed by atoms with Crippen LogP contribution in [0.3, 0.4) is 0 Å². The van der Waals surface area contributed by atoms with Crippen LogP contribution in [0, 0.1) is 6.92 Å². The normalized spacial score (nSPS) is 14.5. The summed E-state index contributed by atoms with van der Waals surface area (Å²) in [7, 11) is 1.70. The molecule has 1 saturated heterocycles. The van der Waals surface area contributed by atoms with Gasteiger partial charge >= 0.3 is 5.97 Å². The molecular formula is C26H26Cl2N8O3. The van der Waals surface area contributed by atoms with E-state index in [1.54, 1.807) is 31.4 Å². The van der Waals surface area contributed by atoms with Crippen LogP contribution >= 0.6 is 23.2 Å². The van der Waals surface area contributed by atoms with Crippen LogP contribution in [-0.2, 0) is 7.05 Å². The minimum atomic E-state index is -1.22. The highest BCUT2D eigenvalue weighted by molar-refractivity contribution is 6.31. The molecule has 0 saturated carbocycles. The van der Waals surface area contributed by atoms with E-state index in [0.29, 0.717) is 59.6 Å². The third kappa shape index (κ3) is 5.32. The SMILES string of the molecule is Cc1ccnc(N2CCN(c3nc4c([C@@H](C)Nc5ccc(Cl)nc5C(=O)O)cc(Cl)cc4c(=O)n3C)CC2)n1. The molecule has 0 spiro atoms. The van der Waals surface area contributed by atoms with Crippen molar-refractivity contribution < 1.29 is 9.90 Å². The van der Waals surface area contributed by atoms with Gasteiger partial charge in [-0.3, -0.25) is 9.36 Å². The van der Waals surface area contributed by atoms with Gasteiger partial charge in [-0.2, -0.15) is 0 Å². The summed E-state index contributed by atoms with van der Waals surface area (Å²) in [6, 6.07) is 7.79. The van der Waals surface area contributed by atoms with Gasteiger partial charge in [-0.05, 0) is 44.2 Å². The first-order valence-electron chi connectivity index (χ1n) is 12.3. The number of aryl methyl sites for hydroxylation is 1. The standard InChI is InChI=1S/C26H26Cl2N8O3/c1-14-6-7-29-25(30-14)35-8-10-36(11-9-35)26-33-21-17(12-16(27)13-18(21)23(37)34(26)3)15(2)31-19-4-5-20(28)32-22(19)24(38)39/h4-7,12-13,15,31H,8-11H2,1-3H3,(H,38,39)/t15-/m1/s1. The van der Waals surface area contributed by atoms with E-state index < -0.39 is 12.0 Å². The summed E-state index contributed by atoms with van der Waals surface area (Å²) in [5.74, 6) is 0.00404. The van der Waals surface area contributed by atoms with Gasteiger partial charge in [0.1, 0.15) is 5.15 Å². The molecular weight excluding hydrogens is 543 g/mol. The van der Waals surface area contributed by atoms with Gasteiger partial charge in [0.2, 0.25) is 11.9 Å². The Labute approximate surface area is 234 Å². The third-order valence-corrected chi connectivity index (χ3v) is 7.11. The first kappa shape index (κ1) is 26.6. The van der Waals surface area contributed by atoms with Crippen LogP contribution in [-0.4, -0.2) is 61.8 Å². The minimum Gasteiger partial charge on any atom is -0.476 e. The molecule has 0 unspecified atom stereocenters. The van der Waals surface area contributed by atoms with Crippen LogP contribution in [0.2, 0.25) is 10.2 Å². The summed E-state index contributed by atoms with van der Waals surface area (Å²) >= 11 is 12.3. The molecule has 1 aliphatic rings. The van der Waals surface area contributed by atoms with Gasteiger partial charge < -0.3 is 20.2 Å². The Hall–Kier alpha value is -3.96. The number of carboxylic acids is 1. The number of aromatic carboxylic acids is 1. The van der Waals surface area contributed by atoms with Gasteiger partial charge in [0.15, 0.2) is 5.69 Å². The number of rotatable bonds is 6. The van der Waals surface area contributed by atoms with Gasteiger partial charge in [-0.15, -0.1) is 0 Å². The summed E-state index contributed by atoms with van der Waals surface area (Å²) in [5.41, 5.74) is 1.89. The van der Waals surface area contributed by atoms with Crippen molar-refractivity contribution in [3.63, 3.8) is 0 Å². The number of benzene rings is 1. The van der Waals surface area contributed by atoms with Crippen molar-refractivity contribution in [1.82, 2.24) is 24.5 Å². The highest BCUT2D eigenvalue weighted by Gasteiger charge is 2.25. The van der Waals surface area contributed by atoms with Crippen molar-refractivity contribution in [2.45, 2.75) is 19.9 Å². The molecule has 2 N–H and O–H groups in total. The van der Waals surface area contributed by atoms with Crippen LogP contribution in [0.4, 0.5) is 17.6 Å². The average Bonchev–Trinajstić information content (AvgIpc) is 2.91. The maximum absolute atomic E-state index is 13.5. The van der Waals surface area contributed by atoms with Crippen LogP contribution in [0.1, 0.15) is 34.7 Å². The number of anilines is 3. The van der Waals surface area contributed by atoms with Crippen LogP contribution in [0.25, 0.3) is 10.9 Å². The van der Waals surface area contributed by atoms with Gasteiger partial charge in [-0.25, -0.2) is 24.7 Å². The Kier molecular flexibility index (Phi) is 7.28. The molecule has 11 nitrogen and oxygen atoms in total. The Morgan fingerprint density at radius 1 is 1.05 bits per heavy atom. The smallest absolute Gasteiger partial charge is 0.356 e. The first-order valence-corrected chi connectivity index (χ1v) is 13.0. The lowest BCUT2D eigenvalue weighted by atomic mass is 10.0. The maximum atomic E-state index is 13.5. The number of fused-ring (bicyclic) bond motifs is 1. The van der Waals surface area contributed by atoms with Crippen molar-refractivity contribution in [1.29, 1.82) is 0 Å². The molecule has 1 fully saturated rings. The predicted molar refractivity (Wildman–Crippen MR) is 151 cm³/mol. The molecule has 1 aromatic carbocycles. The second-order valence-corrected chi connectivity index (χ2v) is 10.2. The number of hydrogen-bond donors (Lipinski definition) is 2. The van der Waals surface area contributed by atoms with Crippen LogP contribution in [0.15, 0.2) is 41.3 Å². The molecule has 0 radical (unpaired) electrons. The van der Waals surface area contributed by atoms with Crippen molar-refractivity contribution in [2.24, 2.45) is 7.05 Å². The lowest BCUT2D eigenvalue weighted by Gasteiger charge is -2.36. The maximum Gasteiger partial charge on any atom is 0.356 e. The van der Waals surface area contributed by atoms with E-state index in [4.69, 9.17) is 28.2 Å². The topological polar surface area (TPSA) is 129 Å². The van der Waals surface area contributed by atoms with Gasteiger partial charge in [-0.1, -0.05) is 23.2 Å². The van der Waals surface area contributed by atoms with Crippen molar-refractivity contribution >= 4 is 57.7 Å². The molecule has 1 aliphatic heterocycles. The predicted octanol–water partition coefficient (Wildman–Crippen LogP) is 3.93. The molecule has 202 valence electrons. The quantitative estimate of drug-likeness (QED) is 0.330. The number of piperazine rings is 1. The zero-order valence-electron chi connectivity index (χ0n) is 21.5. The lowest BCUT2D eigenvalue weighted by molar-refractivity contribution is 0.0691. The number of carboxylic acid groups (broad SMARTS) is 1. The van der Waals surface area contributed by atoms with E-state index in [0.717, 1.165) is 5.69 Å². The van der Waals surface area contributed by atoms with E-state index in [9.17, 15) is 14.7 Å². The fourth-order valence-electron chi connectivity index (χ4n) is 4.69. The van der Waals surface area contributed by atoms with Crippen molar-refractivity contribution in [3.05, 3.63) is 74.0 Å². The van der Waals surface area contributed by atoms with E-state index in [2.05, 4.69) is 30.1 Å². The molecule has 1 atom stereocenters. The number of halogens is 2. The molecule has 5 rings (SSSR count). The van der Waals surface area contributed by atoms with E-state index in [-0.39, 0.29) is 22.1 Å². The largest absolute Gasteiger partial charge is 0.476 e. The molecule has 39 heavy (non-hydrogen) atoms. The summed E-state index contributed by atoms with van der Waals surface area (Å²) in [5, 5.41) is 13.6. The monoisotopic (exact) mass is 568 g/mol. The number of carbonyl (C=O) groups is 1. The van der Waals surface area contributed by atoms with Gasteiger partial charge in [0.25, 0.3) is 5.56 Å². The second-order valence-electron chi connectivity index (χ2n) is 9.34. The third-order valence-electron chi connectivity index (χ3n) is 6.68. The molecule has 4 heterocycles. The lowest BCUT2D eigenvalue weighted by Crippen LogP contribution is -2.48. The zero-order valence-corrected chi connectivity index (χ0v) is 23.0. The molecule has 13 heteroatoms. The Bertz CT molecular complexity index is 1640. The van der Waals surface area contributed by atoms with Crippen LogP contribution in [0.5, 0.6) is 0 Å². The van der Waals surface area contributed by atoms with Crippen molar-refractivity contribution in [3.8, 4) is 0 Å². The Morgan fingerprint density at radius 3 is 2.46 bits per heavy atom. The van der Waals surface area contributed by atoms with E-state index in [1.807, 2.05) is 19.9 Å². The van der Waals surface area contributed by atoms with Crippen molar-refractivity contribution in [2.75, 3.05) is 41.3 Å².